The van der Waals surface area contributed by atoms with Crippen molar-refractivity contribution in [2.24, 2.45) is 5.92 Å². The molecular formula is C14H16F2N2O2. The molecular weight excluding hydrogens is 266 g/mol. The highest BCUT2D eigenvalue weighted by molar-refractivity contribution is 5.92. The number of hydrogen-bond donors (Lipinski definition) is 1. The largest absolute Gasteiger partial charge is 0.325 e. The predicted octanol–water partition coefficient (Wildman–Crippen LogP) is 1.81. The molecule has 20 heavy (non-hydrogen) atoms. The molecule has 4 nitrogen and oxygen atoms in total. The van der Waals surface area contributed by atoms with Gasteiger partial charge >= 0.3 is 0 Å². The normalized spacial score (nSPS) is 19.6. The second-order valence-electron chi connectivity index (χ2n) is 4.98. The van der Waals surface area contributed by atoms with Gasteiger partial charge in [0.25, 0.3) is 0 Å². The molecule has 0 bridgehead atoms. The van der Waals surface area contributed by atoms with Crippen LogP contribution in [0.3, 0.4) is 0 Å². The highest BCUT2D eigenvalue weighted by Gasteiger charge is 2.21. The molecule has 0 aromatic heterocycles. The van der Waals surface area contributed by atoms with Crippen LogP contribution in [0.2, 0.25) is 0 Å². The number of amides is 1. The molecule has 1 N–H and O–H groups in total. The van der Waals surface area contributed by atoms with Crippen LogP contribution < -0.4 is 5.32 Å². The third-order valence-corrected chi connectivity index (χ3v) is 3.25. The molecule has 2 rings (SSSR count). The summed E-state index contributed by atoms with van der Waals surface area (Å²) in [6, 6.07) is 2.87. The Bertz CT molecular complexity index is 488. The molecule has 108 valence electrons. The zero-order valence-electron chi connectivity index (χ0n) is 10.9. The fraction of sp³-hybridized carbons (Fsp3) is 0.429. The first-order valence-corrected chi connectivity index (χ1v) is 6.50. The van der Waals surface area contributed by atoms with Crippen LogP contribution in [-0.4, -0.2) is 36.7 Å². The SMILES string of the molecule is O=CC1CCCN(CC(=O)Nc2cc(F)cc(F)c2)C1. The third kappa shape index (κ3) is 4.09. The minimum atomic E-state index is -0.737. The van der Waals surface area contributed by atoms with Gasteiger partial charge in [-0.05, 0) is 31.5 Å². The summed E-state index contributed by atoms with van der Waals surface area (Å²) in [5.74, 6) is -1.86. The molecule has 1 fully saturated rings. The van der Waals surface area contributed by atoms with Gasteiger partial charge in [-0.3, -0.25) is 9.69 Å². The van der Waals surface area contributed by atoms with Gasteiger partial charge in [-0.2, -0.15) is 0 Å². The number of aldehydes is 1. The lowest BCUT2D eigenvalue weighted by Crippen LogP contribution is -2.40. The van der Waals surface area contributed by atoms with Gasteiger partial charge in [0.1, 0.15) is 17.9 Å². The standard InChI is InChI=1S/C14H16F2N2O2/c15-11-4-12(16)6-13(5-11)17-14(20)8-18-3-1-2-10(7-18)9-19/h4-6,9-10H,1-3,7-8H2,(H,17,20). The maximum Gasteiger partial charge on any atom is 0.238 e. The molecule has 6 heteroatoms. The lowest BCUT2D eigenvalue weighted by atomic mass is 10.00. The van der Waals surface area contributed by atoms with Gasteiger partial charge in [-0.25, -0.2) is 8.78 Å². The molecule has 1 unspecified atom stereocenters. The monoisotopic (exact) mass is 282 g/mol. The Hall–Kier alpha value is -1.82. The van der Waals surface area contributed by atoms with Crippen LogP contribution in [0.15, 0.2) is 18.2 Å². The third-order valence-electron chi connectivity index (χ3n) is 3.25. The quantitative estimate of drug-likeness (QED) is 0.857. The van der Waals surface area contributed by atoms with Gasteiger partial charge in [0.05, 0.1) is 6.54 Å². The Labute approximate surface area is 115 Å². The first-order chi connectivity index (χ1) is 9.56. The molecule has 1 amide bonds. The predicted molar refractivity (Wildman–Crippen MR) is 70.2 cm³/mol. The average molecular weight is 282 g/mol. The number of hydrogen-bond acceptors (Lipinski definition) is 3. The van der Waals surface area contributed by atoms with E-state index in [1.54, 1.807) is 0 Å². The Morgan fingerprint density at radius 2 is 2.05 bits per heavy atom. The van der Waals surface area contributed by atoms with Crippen LogP contribution in [0.25, 0.3) is 0 Å². The van der Waals surface area contributed by atoms with E-state index in [1.165, 1.54) is 0 Å². The lowest BCUT2D eigenvalue weighted by Gasteiger charge is -2.29. The van der Waals surface area contributed by atoms with Gasteiger partial charge in [0, 0.05) is 24.2 Å². The number of piperidine rings is 1. The van der Waals surface area contributed by atoms with Crippen LogP contribution in [0.5, 0.6) is 0 Å². The number of anilines is 1. The summed E-state index contributed by atoms with van der Waals surface area (Å²) in [4.78, 5) is 24.4. The molecule has 1 aromatic rings. The number of halogens is 2. The highest BCUT2D eigenvalue weighted by atomic mass is 19.1. The number of carbonyl (C=O) groups excluding carboxylic acids is 2. The van der Waals surface area contributed by atoms with Crippen molar-refractivity contribution in [2.75, 3.05) is 25.0 Å². The van der Waals surface area contributed by atoms with Crippen LogP contribution in [-0.2, 0) is 9.59 Å². The maximum absolute atomic E-state index is 13.0. The Kier molecular flexibility index (Phi) is 4.79. The fourth-order valence-corrected chi connectivity index (χ4v) is 2.38. The number of carbonyl (C=O) groups is 2. The van der Waals surface area contributed by atoms with E-state index in [4.69, 9.17) is 0 Å². The van der Waals surface area contributed by atoms with Crippen LogP contribution in [0.1, 0.15) is 12.8 Å². The summed E-state index contributed by atoms with van der Waals surface area (Å²) in [7, 11) is 0. The van der Waals surface area contributed by atoms with E-state index in [2.05, 4.69) is 5.32 Å². The van der Waals surface area contributed by atoms with Crippen LogP contribution in [0.4, 0.5) is 14.5 Å². The van der Waals surface area contributed by atoms with E-state index in [1.807, 2.05) is 4.90 Å². The average Bonchev–Trinajstić information content (AvgIpc) is 2.37. The van der Waals surface area contributed by atoms with E-state index < -0.39 is 11.6 Å². The molecule has 0 spiro atoms. The molecule has 1 atom stereocenters. The maximum atomic E-state index is 13.0. The van der Waals surface area contributed by atoms with Crippen LogP contribution in [0, 0.1) is 17.6 Å². The van der Waals surface area contributed by atoms with E-state index in [9.17, 15) is 18.4 Å². The number of nitrogens with one attached hydrogen (secondary N) is 1. The Morgan fingerprint density at radius 1 is 1.35 bits per heavy atom. The number of nitrogens with zero attached hydrogens (tertiary/aromatic N) is 1. The molecule has 0 radical (unpaired) electrons. The minimum Gasteiger partial charge on any atom is -0.325 e. The molecule has 1 aliphatic rings. The topological polar surface area (TPSA) is 49.4 Å². The molecule has 1 aliphatic heterocycles. The smallest absolute Gasteiger partial charge is 0.238 e. The minimum absolute atomic E-state index is 0.0387. The van der Waals surface area contributed by atoms with Gasteiger partial charge in [-0.15, -0.1) is 0 Å². The number of rotatable bonds is 4. The van der Waals surface area contributed by atoms with Gasteiger partial charge in [-0.1, -0.05) is 0 Å². The van der Waals surface area contributed by atoms with E-state index in [0.717, 1.165) is 43.9 Å². The van der Waals surface area contributed by atoms with Gasteiger partial charge < -0.3 is 10.1 Å². The van der Waals surface area contributed by atoms with Crippen molar-refractivity contribution < 1.29 is 18.4 Å². The van der Waals surface area contributed by atoms with E-state index in [-0.39, 0.29) is 24.1 Å². The number of likely N-dealkylation sites (tertiary alicyclic amines) is 1. The molecule has 0 aliphatic carbocycles. The zero-order valence-corrected chi connectivity index (χ0v) is 10.9. The van der Waals surface area contributed by atoms with Crippen molar-refractivity contribution in [3.63, 3.8) is 0 Å². The first kappa shape index (κ1) is 14.6. The first-order valence-electron chi connectivity index (χ1n) is 6.50. The zero-order chi connectivity index (χ0) is 14.5. The summed E-state index contributed by atoms with van der Waals surface area (Å²) in [6.45, 7) is 1.41. The number of benzene rings is 1. The van der Waals surface area contributed by atoms with Crippen molar-refractivity contribution in [3.05, 3.63) is 29.8 Å². The van der Waals surface area contributed by atoms with Crippen molar-refractivity contribution in [2.45, 2.75) is 12.8 Å². The second-order valence-corrected chi connectivity index (χ2v) is 4.98. The summed E-state index contributed by atoms with van der Waals surface area (Å²) >= 11 is 0. The second kappa shape index (κ2) is 6.56. The lowest BCUT2D eigenvalue weighted by molar-refractivity contribution is -0.119. The van der Waals surface area contributed by atoms with Crippen LogP contribution >= 0.6 is 0 Å². The van der Waals surface area contributed by atoms with Crippen molar-refractivity contribution in [1.82, 2.24) is 4.90 Å². The summed E-state index contributed by atoms with van der Waals surface area (Å²) in [5.41, 5.74) is 0.0939. The summed E-state index contributed by atoms with van der Waals surface area (Å²) in [5, 5.41) is 2.45. The molecule has 1 heterocycles. The van der Waals surface area contributed by atoms with Crippen molar-refractivity contribution in [3.8, 4) is 0 Å². The van der Waals surface area contributed by atoms with Gasteiger partial charge in [0.2, 0.25) is 5.91 Å². The highest BCUT2D eigenvalue weighted by Crippen LogP contribution is 2.15. The van der Waals surface area contributed by atoms with Crippen molar-refractivity contribution >= 4 is 17.9 Å². The molecule has 0 saturated carbocycles. The molecule has 1 aromatic carbocycles. The van der Waals surface area contributed by atoms with E-state index in [0.29, 0.717) is 6.54 Å². The van der Waals surface area contributed by atoms with E-state index >= 15 is 0 Å². The summed E-state index contributed by atoms with van der Waals surface area (Å²) < 4.78 is 26.0. The Balaban J connectivity index is 1.90. The molecule has 1 saturated heterocycles. The fourth-order valence-electron chi connectivity index (χ4n) is 2.38. The van der Waals surface area contributed by atoms with Gasteiger partial charge in [0.15, 0.2) is 0 Å². The summed E-state index contributed by atoms with van der Waals surface area (Å²) in [6.07, 6.45) is 2.62. The Morgan fingerprint density at radius 3 is 2.70 bits per heavy atom. The van der Waals surface area contributed by atoms with Crippen molar-refractivity contribution in [1.29, 1.82) is 0 Å².